The molecule has 162 valence electrons. The minimum atomic E-state index is 0. The van der Waals surface area contributed by atoms with Crippen molar-refractivity contribution in [3.8, 4) is 5.75 Å². The first-order chi connectivity index (χ1) is 14.1. The Morgan fingerprint density at radius 3 is 2.50 bits per heavy atom. The van der Waals surface area contributed by atoms with Crippen LogP contribution in [-0.2, 0) is 13.5 Å². The van der Waals surface area contributed by atoms with Gasteiger partial charge in [0.15, 0.2) is 5.96 Å². The quantitative estimate of drug-likeness (QED) is 0.204. The van der Waals surface area contributed by atoms with Gasteiger partial charge in [-0.05, 0) is 55.2 Å². The highest BCUT2D eigenvalue weighted by Gasteiger charge is 2.09. The molecule has 7 heteroatoms. The van der Waals surface area contributed by atoms with Gasteiger partial charge in [-0.3, -0.25) is 9.67 Å². The van der Waals surface area contributed by atoms with Gasteiger partial charge in [-0.1, -0.05) is 30.3 Å². The summed E-state index contributed by atoms with van der Waals surface area (Å²) in [6, 6.07) is 14.5. The monoisotopic (exact) mass is 521 g/mol. The van der Waals surface area contributed by atoms with Gasteiger partial charge in [-0.25, -0.2) is 0 Å². The predicted octanol–water partition coefficient (Wildman–Crippen LogP) is 3.98. The molecule has 0 aliphatic rings. The van der Waals surface area contributed by atoms with Crippen molar-refractivity contribution >= 4 is 40.7 Å². The molecule has 0 aliphatic heterocycles. The number of nitrogens with zero attached hydrogens (tertiary/aromatic N) is 3. The van der Waals surface area contributed by atoms with Crippen molar-refractivity contribution in [3.63, 3.8) is 0 Å². The molecular weight excluding hydrogens is 489 g/mol. The lowest BCUT2D eigenvalue weighted by molar-refractivity contribution is 0.311. The minimum absolute atomic E-state index is 0. The van der Waals surface area contributed by atoms with Crippen molar-refractivity contribution in [2.24, 2.45) is 12.0 Å². The van der Waals surface area contributed by atoms with Crippen molar-refractivity contribution in [3.05, 3.63) is 59.4 Å². The van der Waals surface area contributed by atoms with Gasteiger partial charge in [0, 0.05) is 32.9 Å². The van der Waals surface area contributed by atoms with Gasteiger partial charge >= 0.3 is 0 Å². The molecule has 1 heterocycles. The molecule has 0 fully saturated rings. The van der Waals surface area contributed by atoms with Gasteiger partial charge in [0.25, 0.3) is 0 Å². The maximum atomic E-state index is 5.89. The Bertz CT molecular complexity index is 983. The summed E-state index contributed by atoms with van der Waals surface area (Å²) in [5, 5.41) is 13.6. The highest BCUT2D eigenvalue weighted by molar-refractivity contribution is 14.0. The smallest absolute Gasteiger partial charge is 0.190 e. The summed E-state index contributed by atoms with van der Waals surface area (Å²) in [6.07, 6.45) is 1.83. The zero-order valence-electron chi connectivity index (χ0n) is 18.2. The number of hydrogen-bond donors (Lipinski definition) is 2. The van der Waals surface area contributed by atoms with Crippen LogP contribution in [0.5, 0.6) is 5.75 Å². The van der Waals surface area contributed by atoms with E-state index < -0.39 is 0 Å². The van der Waals surface area contributed by atoms with Crippen LogP contribution in [0.15, 0.2) is 47.5 Å². The number of guanidine groups is 1. The first-order valence-corrected chi connectivity index (χ1v) is 10.1. The highest BCUT2D eigenvalue weighted by Crippen LogP contribution is 2.20. The molecule has 0 radical (unpaired) electrons. The van der Waals surface area contributed by atoms with Crippen molar-refractivity contribution in [2.75, 3.05) is 26.7 Å². The molecule has 3 aromatic rings. The van der Waals surface area contributed by atoms with Crippen LogP contribution in [0, 0.1) is 13.8 Å². The Kier molecular flexibility index (Phi) is 9.42. The fourth-order valence-electron chi connectivity index (χ4n) is 3.43. The number of rotatable bonds is 8. The number of aliphatic imine (C=N–C) groups is 1. The van der Waals surface area contributed by atoms with Gasteiger partial charge in [-0.15, -0.1) is 24.0 Å². The number of halogens is 1. The largest absolute Gasteiger partial charge is 0.494 e. The number of fused-ring (bicyclic) bond motifs is 1. The molecule has 0 spiro atoms. The van der Waals surface area contributed by atoms with Gasteiger partial charge in [0.1, 0.15) is 5.75 Å². The molecule has 0 unspecified atom stereocenters. The molecule has 0 saturated carbocycles. The fraction of sp³-hybridized carbons (Fsp3) is 0.391. The van der Waals surface area contributed by atoms with Crippen LogP contribution < -0.4 is 15.4 Å². The number of ether oxygens (including phenoxy) is 1. The fourth-order valence-corrected chi connectivity index (χ4v) is 3.43. The second-order valence-corrected chi connectivity index (χ2v) is 7.16. The van der Waals surface area contributed by atoms with E-state index >= 15 is 0 Å². The first kappa shape index (κ1) is 24.0. The molecule has 0 amide bonds. The summed E-state index contributed by atoms with van der Waals surface area (Å²) in [5.41, 5.74) is 3.62. The minimum Gasteiger partial charge on any atom is -0.494 e. The maximum Gasteiger partial charge on any atom is 0.190 e. The SMILES string of the molecule is CN=C(NCCCOc1ccc2ccccc2c1)NCCc1c(C)nn(C)c1C.I. The third kappa shape index (κ3) is 6.35. The van der Waals surface area contributed by atoms with Crippen LogP contribution in [-0.4, -0.2) is 42.5 Å². The summed E-state index contributed by atoms with van der Waals surface area (Å²) in [7, 11) is 3.78. The van der Waals surface area contributed by atoms with E-state index in [9.17, 15) is 0 Å². The average molecular weight is 521 g/mol. The van der Waals surface area contributed by atoms with Gasteiger partial charge in [0.2, 0.25) is 0 Å². The van der Waals surface area contributed by atoms with Gasteiger partial charge < -0.3 is 15.4 Å². The lowest BCUT2D eigenvalue weighted by atomic mass is 10.1. The van der Waals surface area contributed by atoms with Crippen LogP contribution in [0.25, 0.3) is 10.8 Å². The van der Waals surface area contributed by atoms with E-state index in [1.165, 1.54) is 22.0 Å². The Morgan fingerprint density at radius 2 is 1.80 bits per heavy atom. The standard InChI is InChI=1S/C23H31N5O.HI/c1-17-22(18(2)28(4)27-17)12-14-26-23(24-3)25-13-7-15-29-21-11-10-19-8-5-6-9-20(19)16-21;/h5-6,8-11,16H,7,12-15H2,1-4H3,(H2,24,25,26);1H. The summed E-state index contributed by atoms with van der Waals surface area (Å²) in [6.45, 7) is 6.46. The van der Waals surface area contributed by atoms with Crippen molar-refractivity contribution in [1.29, 1.82) is 0 Å². The summed E-state index contributed by atoms with van der Waals surface area (Å²) >= 11 is 0. The summed E-state index contributed by atoms with van der Waals surface area (Å²) in [5.74, 6) is 1.73. The third-order valence-electron chi connectivity index (χ3n) is 5.15. The van der Waals surface area contributed by atoms with Gasteiger partial charge in [0.05, 0.1) is 12.3 Å². The normalized spacial score (nSPS) is 11.3. The number of benzene rings is 2. The second-order valence-electron chi connectivity index (χ2n) is 7.16. The van der Waals surface area contributed by atoms with E-state index in [0.717, 1.165) is 43.3 Å². The van der Waals surface area contributed by atoms with Crippen LogP contribution >= 0.6 is 24.0 Å². The van der Waals surface area contributed by atoms with Crippen LogP contribution in [0.2, 0.25) is 0 Å². The summed E-state index contributed by atoms with van der Waals surface area (Å²) in [4.78, 5) is 4.29. The van der Waals surface area contributed by atoms with E-state index in [2.05, 4.69) is 64.9 Å². The molecule has 2 N–H and O–H groups in total. The zero-order chi connectivity index (χ0) is 20.6. The van der Waals surface area contributed by atoms with E-state index in [1.54, 1.807) is 7.05 Å². The molecule has 0 saturated heterocycles. The number of aromatic nitrogens is 2. The average Bonchev–Trinajstić information content (AvgIpc) is 2.97. The predicted molar refractivity (Wildman–Crippen MR) is 135 cm³/mol. The molecule has 1 aromatic heterocycles. The second kappa shape index (κ2) is 11.8. The Balaban J connectivity index is 0.00000320. The first-order valence-electron chi connectivity index (χ1n) is 10.1. The van der Waals surface area contributed by atoms with Crippen LogP contribution in [0.3, 0.4) is 0 Å². The van der Waals surface area contributed by atoms with E-state index in [4.69, 9.17) is 4.74 Å². The number of aryl methyl sites for hydroxylation is 2. The molecule has 2 aromatic carbocycles. The molecule has 3 rings (SSSR count). The molecule has 30 heavy (non-hydrogen) atoms. The highest BCUT2D eigenvalue weighted by atomic mass is 127. The van der Waals surface area contributed by atoms with Crippen LogP contribution in [0.1, 0.15) is 23.4 Å². The maximum absolute atomic E-state index is 5.89. The molecule has 0 bridgehead atoms. The molecular formula is C23H32IN5O. The van der Waals surface area contributed by atoms with E-state index in [-0.39, 0.29) is 24.0 Å². The third-order valence-corrected chi connectivity index (χ3v) is 5.15. The van der Waals surface area contributed by atoms with Crippen molar-refractivity contribution < 1.29 is 4.74 Å². The van der Waals surface area contributed by atoms with Crippen molar-refractivity contribution in [2.45, 2.75) is 26.7 Å². The van der Waals surface area contributed by atoms with E-state index in [0.29, 0.717) is 6.61 Å². The molecule has 6 nitrogen and oxygen atoms in total. The molecule has 0 atom stereocenters. The Morgan fingerprint density at radius 1 is 1.07 bits per heavy atom. The topological polar surface area (TPSA) is 63.5 Å². The Hall–Kier alpha value is -2.29. The summed E-state index contributed by atoms with van der Waals surface area (Å²) < 4.78 is 7.83. The zero-order valence-corrected chi connectivity index (χ0v) is 20.6. The van der Waals surface area contributed by atoms with Gasteiger partial charge in [-0.2, -0.15) is 5.10 Å². The van der Waals surface area contributed by atoms with Crippen molar-refractivity contribution in [1.82, 2.24) is 20.4 Å². The van der Waals surface area contributed by atoms with E-state index in [1.807, 2.05) is 23.9 Å². The lowest BCUT2D eigenvalue weighted by Gasteiger charge is -2.12. The Labute approximate surface area is 196 Å². The molecule has 0 aliphatic carbocycles. The number of hydrogen-bond acceptors (Lipinski definition) is 3. The lowest BCUT2D eigenvalue weighted by Crippen LogP contribution is -2.39. The number of nitrogens with one attached hydrogen (secondary N) is 2. The van der Waals surface area contributed by atoms with Crippen LogP contribution in [0.4, 0.5) is 0 Å².